The first-order valence-electron chi connectivity index (χ1n) is 5.78. The molecule has 1 aromatic carbocycles. The van der Waals surface area contributed by atoms with Crippen molar-refractivity contribution >= 4 is 23.2 Å². The molecule has 5 nitrogen and oxygen atoms in total. The molecule has 1 N–H and O–H groups in total. The summed E-state index contributed by atoms with van der Waals surface area (Å²) in [6, 6.07) is 9.72. The fourth-order valence-electron chi connectivity index (χ4n) is 1.87. The number of hydrogen-bond acceptors (Lipinski definition) is 3. The first kappa shape index (κ1) is 12.5. The summed E-state index contributed by atoms with van der Waals surface area (Å²) in [6.45, 7) is 0. The molecule has 3 aromatic rings. The zero-order valence-electron chi connectivity index (χ0n) is 10.2. The maximum absolute atomic E-state index is 11.2. The summed E-state index contributed by atoms with van der Waals surface area (Å²) < 4.78 is 7.40. The molecule has 20 heavy (non-hydrogen) atoms. The number of carbonyl (C=O) groups is 1. The Balaban J connectivity index is 2.09. The number of ether oxygens (including phenoxy) is 1. The number of rotatable bonds is 3. The lowest BCUT2D eigenvalue weighted by molar-refractivity contribution is 0.0694. The average Bonchev–Trinajstić information content (AvgIpc) is 2.88. The summed E-state index contributed by atoms with van der Waals surface area (Å²) >= 11 is 5.89. The number of carboxylic acid groups (broad SMARTS) is 1. The van der Waals surface area contributed by atoms with Crippen LogP contribution in [0, 0.1) is 0 Å². The molecule has 0 aliphatic rings. The van der Waals surface area contributed by atoms with Gasteiger partial charge in [0, 0.05) is 23.5 Å². The fraction of sp³-hybridized carbons (Fsp3) is 0. The van der Waals surface area contributed by atoms with Gasteiger partial charge in [-0.15, -0.1) is 0 Å². The Bertz CT molecular complexity index is 798. The minimum atomic E-state index is -1.07. The van der Waals surface area contributed by atoms with Gasteiger partial charge in [0.25, 0.3) is 0 Å². The topological polar surface area (TPSA) is 63.8 Å². The van der Waals surface area contributed by atoms with E-state index in [-0.39, 0.29) is 11.3 Å². The summed E-state index contributed by atoms with van der Waals surface area (Å²) in [6.07, 6.45) is 3.37. The molecule has 3 rings (SSSR count). The average molecular weight is 289 g/mol. The highest BCUT2D eigenvalue weighted by Crippen LogP contribution is 2.28. The molecule has 0 saturated carbocycles. The van der Waals surface area contributed by atoms with Gasteiger partial charge in [-0.2, -0.15) is 0 Å². The monoisotopic (exact) mass is 288 g/mol. The number of imidazole rings is 1. The zero-order chi connectivity index (χ0) is 14.1. The van der Waals surface area contributed by atoms with E-state index in [0.717, 1.165) is 0 Å². The van der Waals surface area contributed by atoms with Crippen molar-refractivity contribution in [3.8, 4) is 11.6 Å². The lowest BCUT2D eigenvalue weighted by atomic mass is 10.2. The molecule has 0 aliphatic heterocycles. The number of hydrogen-bond donors (Lipinski definition) is 1. The number of carboxylic acids is 1. The molecule has 0 aliphatic carbocycles. The van der Waals surface area contributed by atoms with E-state index >= 15 is 0 Å². The molecule has 2 heterocycles. The van der Waals surface area contributed by atoms with Crippen molar-refractivity contribution in [2.45, 2.75) is 0 Å². The molecule has 0 amide bonds. The molecule has 0 spiro atoms. The number of nitrogens with zero attached hydrogens (tertiary/aromatic N) is 2. The number of halogens is 1. The van der Waals surface area contributed by atoms with E-state index in [1.54, 1.807) is 28.9 Å². The molecule has 0 unspecified atom stereocenters. The second-order valence-electron chi connectivity index (χ2n) is 4.07. The van der Waals surface area contributed by atoms with Gasteiger partial charge in [0.1, 0.15) is 17.0 Å². The molecule has 0 saturated heterocycles. The van der Waals surface area contributed by atoms with Crippen molar-refractivity contribution in [1.82, 2.24) is 9.38 Å². The Labute approximate surface area is 119 Å². The molecule has 100 valence electrons. The number of pyridine rings is 1. The SMILES string of the molecule is O=C(O)c1ccc(Cl)cc1Oc1cccc2nccn12. The predicted molar refractivity (Wildman–Crippen MR) is 73.7 cm³/mol. The summed E-state index contributed by atoms with van der Waals surface area (Å²) in [4.78, 5) is 15.3. The highest BCUT2D eigenvalue weighted by atomic mass is 35.5. The van der Waals surface area contributed by atoms with Crippen LogP contribution in [0.15, 0.2) is 48.8 Å². The van der Waals surface area contributed by atoms with Crippen molar-refractivity contribution in [1.29, 1.82) is 0 Å². The van der Waals surface area contributed by atoms with Crippen LogP contribution in [0.2, 0.25) is 5.02 Å². The van der Waals surface area contributed by atoms with Crippen LogP contribution in [0.25, 0.3) is 5.65 Å². The summed E-state index contributed by atoms with van der Waals surface area (Å²) in [5, 5.41) is 9.57. The van der Waals surface area contributed by atoms with Gasteiger partial charge < -0.3 is 9.84 Å². The van der Waals surface area contributed by atoms with Crippen LogP contribution >= 0.6 is 11.6 Å². The van der Waals surface area contributed by atoms with Crippen LogP contribution in [0.3, 0.4) is 0 Å². The van der Waals surface area contributed by atoms with Gasteiger partial charge in [0.05, 0.1) is 0 Å². The number of benzene rings is 1. The molecule has 0 bridgehead atoms. The van der Waals surface area contributed by atoms with Crippen LogP contribution in [0.1, 0.15) is 10.4 Å². The Morgan fingerprint density at radius 2 is 2.15 bits per heavy atom. The van der Waals surface area contributed by atoms with Gasteiger partial charge in [-0.3, -0.25) is 4.40 Å². The van der Waals surface area contributed by atoms with Gasteiger partial charge in [0.2, 0.25) is 5.88 Å². The van der Waals surface area contributed by atoms with Crippen molar-refractivity contribution < 1.29 is 14.6 Å². The van der Waals surface area contributed by atoms with Crippen molar-refractivity contribution in [2.75, 3.05) is 0 Å². The van der Waals surface area contributed by atoms with Crippen molar-refractivity contribution in [2.24, 2.45) is 0 Å². The standard InChI is InChI=1S/C14H9ClN2O3/c15-9-4-5-10(14(18)19)11(8-9)20-13-3-1-2-12-16-6-7-17(12)13/h1-8H,(H,18,19). The highest BCUT2D eigenvalue weighted by Gasteiger charge is 2.13. The molecule has 0 atom stereocenters. The maximum atomic E-state index is 11.2. The lowest BCUT2D eigenvalue weighted by Crippen LogP contribution is -2.01. The number of aromatic nitrogens is 2. The predicted octanol–water partition coefficient (Wildman–Crippen LogP) is 3.48. The number of aromatic carboxylic acids is 1. The quantitative estimate of drug-likeness (QED) is 0.801. The molecule has 6 heteroatoms. The summed E-state index contributed by atoms with van der Waals surface area (Å²) in [5.74, 6) is -0.426. The van der Waals surface area contributed by atoms with Crippen molar-refractivity contribution in [3.63, 3.8) is 0 Å². The first-order valence-corrected chi connectivity index (χ1v) is 6.16. The molecular weight excluding hydrogens is 280 g/mol. The molecule has 0 fully saturated rings. The second kappa shape index (κ2) is 4.86. The van der Waals surface area contributed by atoms with Gasteiger partial charge in [0.15, 0.2) is 0 Å². The van der Waals surface area contributed by atoms with Crippen LogP contribution in [0.4, 0.5) is 0 Å². The lowest BCUT2D eigenvalue weighted by Gasteiger charge is -2.10. The fourth-order valence-corrected chi connectivity index (χ4v) is 2.04. The Morgan fingerprint density at radius 3 is 2.95 bits per heavy atom. The van der Waals surface area contributed by atoms with E-state index in [9.17, 15) is 4.79 Å². The third-order valence-corrected chi connectivity index (χ3v) is 3.01. The smallest absolute Gasteiger partial charge is 0.339 e. The van der Waals surface area contributed by atoms with E-state index in [0.29, 0.717) is 16.5 Å². The third-order valence-electron chi connectivity index (χ3n) is 2.78. The van der Waals surface area contributed by atoms with Crippen LogP contribution in [0.5, 0.6) is 11.6 Å². The van der Waals surface area contributed by atoms with E-state index < -0.39 is 5.97 Å². The minimum absolute atomic E-state index is 0.0477. The molecular formula is C14H9ClN2O3. The van der Waals surface area contributed by atoms with Crippen LogP contribution < -0.4 is 4.74 Å². The third kappa shape index (κ3) is 2.19. The van der Waals surface area contributed by atoms with Crippen LogP contribution in [-0.4, -0.2) is 20.5 Å². The Kier molecular flexibility index (Phi) is 3.04. The second-order valence-corrected chi connectivity index (χ2v) is 4.50. The van der Waals surface area contributed by atoms with Crippen LogP contribution in [-0.2, 0) is 0 Å². The van der Waals surface area contributed by atoms with E-state index in [4.69, 9.17) is 21.4 Å². The Hall–Kier alpha value is -2.53. The van der Waals surface area contributed by atoms with E-state index in [1.807, 2.05) is 6.07 Å². The maximum Gasteiger partial charge on any atom is 0.339 e. The minimum Gasteiger partial charge on any atom is -0.478 e. The molecule has 0 radical (unpaired) electrons. The largest absolute Gasteiger partial charge is 0.478 e. The summed E-state index contributed by atoms with van der Waals surface area (Å²) in [5.41, 5.74) is 0.757. The normalized spacial score (nSPS) is 10.7. The molecule has 2 aromatic heterocycles. The zero-order valence-corrected chi connectivity index (χ0v) is 10.9. The van der Waals surface area contributed by atoms with Gasteiger partial charge in [-0.1, -0.05) is 17.7 Å². The first-order chi connectivity index (χ1) is 9.65. The van der Waals surface area contributed by atoms with E-state index in [1.165, 1.54) is 18.2 Å². The van der Waals surface area contributed by atoms with Gasteiger partial charge >= 0.3 is 5.97 Å². The highest BCUT2D eigenvalue weighted by molar-refractivity contribution is 6.30. The Morgan fingerprint density at radius 1 is 1.30 bits per heavy atom. The summed E-state index contributed by atoms with van der Waals surface area (Å²) in [7, 11) is 0. The van der Waals surface area contributed by atoms with Gasteiger partial charge in [-0.25, -0.2) is 9.78 Å². The van der Waals surface area contributed by atoms with Gasteiger partial charge in [-0.05, 0) is 24.3 Å². The number of fused-ring (bicyclic) bond motifs is 1. The van der Waals surface area contributed by atoms with Crippen molar-refractivity contribution in [3.05, 3.63) is 59.4 Å². The van der Waals surface area contributed by atoms with E-state index in [2.05, 4.69) is 4.98 Å².